The molecule has 52 valence electrons. The van der Waals surface area contributed by atoms with Crippen molar-refractivity contribution in [1.82, 2.24) is 5.48 Å². The van der Waals surface area contributed by atoms with Crippen molar-refractivity contribution in [2.45, 2.75) is 6.10 Å². The Hall–Kier alpha value is 0.460. The summed E-state index contributed by atoms with van der Waals surface area (Å²) in [5, 5.41) is 8.54. The Kier molecular flexibility index (Phi) is 7.89. The molecule has 1 saturated heterocycles. The van der Waals surface area contributed by atoms with Crippen LogP contribution in [0.2, 0.25) is 0 Å². The summed E-state index contributed by atoms with van der Waals surface area (Å²) >= 11 is 0. The van der Waals surface area contributed by atoms with E-state index in [-0.39, 0.29) is 30.9 Å². The Labute approximate surface area is 60.2 Å². The molecule has 0 saturated carbocycles. The van der Waals surface area contributed by atoms with Gasteiger partial charge in [-0.25, -0.2) is 0 Å². The lowest BCUT2D eigenvalue weighted by molar-refractivity contribution is 0.0792. The minimum Gasteiger partial charge on any atom is -0.389 e. The first-order chi connectivity index (χ1) is 2.89. The van der Waals surface area contributed by atoms with Crippen molar-refractivity contribution >= 4 is 24.8 Å². The minimum absolute atomic E-state index is 0. The third-order valence-corrected chi connectivity index (χ3v) is 0.697. The molecule has 3 nitrogen and oxygen atoms in total. The summed E-state index contributed by atoms with van der Waals surface area (Å²) in [7, 11) is 0. The molecule has 0 unspecified atom stereocenters. The van der Waals surface area contributed by atoms with Crippen molar-refractivity contribution in [3.8, 4) is 0 Å². The van der Waals surface area contributed by atoms with Crippen LogP contribution >= 0.6 is 24.8 Å². The Morgan fingerprint density at radius 1 is 1.50 bits per heavy atom. The largest absolute Gasteiger partial charge is 0.389 e. The van der Waals surface area contributed by atoms with Crippen LogP contribution in [-0.4, -0.2) is 24.4 Å². The van der Waals surface area contributed by atoms with Crippen LogP contribution in [0.5, 0.6) is 0 Å². The standard InChI is InChI=1S/C3H7NO2.2ClH/c5-3-1-4-6-2-3;;/h3-5H,1-2H2;2*1H/t3-;;/m0../s1. The molecule has 2 N–H and O–H groups in total. The summed E-state index contributed by atoms with van der Waals surface area (Å²) in [5.74, 6) is 0. The van der Waals surface area contributed by atoms with Crippen molar-refractivity contribution in [3.63, 3.8) is 0 Å². The van der Waals surface area contributed by atoms with Crippen LogP contribution in [0, 0.1) is 0 Å². The fourth-order valence-electron chi connectivity index (χ4n) is 0.369. The fourth-order valence-corrected chi connectivity index (χ4v) is 0.369. The van der Waals surface area contributed by atoms with Crippen LogP contribution in [0.1, 0.15) is 0 Å². The number of hydrogen-bond donors (Lipinski definition) is 2. The molecule has 0 aromatic heterocycles. The first kappa shape index (κ1) is 11.3. The SMILES string of the molecule is Cl.Cl.O[C@H]1CNOC1. The summed E-state index contributed by atoms with van der Waals surface area (Å²) in [5.41, 5.74) is 2.52. The highest BCUT2D eigenvalue weighted by molar-refractivity contribution is 5.85. The number of hydrogen-bond acceptors (Lipinski definition) is 3. The summed E-state index contributed by atoms with van der Waals surface area (Å²) in [4.78, 5) is 4.56. The molecule has 0 aliphatic carbocycles. The summed E-state index contributed by atoms with van der Waals surface area (Å²) in [6, 6.07) is 0. The van der Waals surface area contributed by atoms with E-state index in [9.17, 15) is 0 Å². The molecule has 1 rings (SSSR count). The zero-order valence-corrected chi connectivity index (χ0v) is 5.80. The second kappa shape index (κ2) is 5.59. The molecule has 5 heteroatoms. The highest BCUT2D eigenvalue weighted by Crippen LogP contribution is 1.87. The van der Waals surface area contributed by atoms with E-state index >= 15 is 0 Å². The Morgan fingerprint density at radius 3 is 2.25 bits per heavy atom. The Morgan fingerprint density at radius 2 is 2.12 bits per heavy atom. The molecular formula is C3H9Cl2NO2. The smallest absolute Gasteiger partial charge is 0.0955 e. The number of aliphatic hydroxyl groups is 1. The summed E-state index contributed by atoms with van der Waals surface area (Å²) in [6.45, 7) is 1.00. The van der Waals surface area contributed by atoms with E-state index in [2.05, 4.69) is 10.3 Å². The third kappa shape index (κ3) is 3.46. The van der Waals surface area contributed by atoms with Gasteiger partial charge in [0.15, 0.2) is 0 Å². The quantitative estimate of drug-likeness (QED) is 0.515. The van der Waals surface area contributed by atoms with Crippen LogP contribution in [-0.2, 0) is 4.84 Å². The molecule has 0 aromatic rings. The molecule has 0 aromatic carbocycles. The minimum atomic E-state index is -0.287. The van der Waals surface area contributed by atoms with E-state index in [1.165, 1.54) is 0 Å². The molecule has 1 aliphatic heterocycles. The first-order valence-electron chi connectivity index (χ1n) is 1.92. The van der Waals surface area contributed by atoms with Crippen LogP contribution < -0.4 is 5.48 Å². The van der Waals surface area contributed by atoms with E-state index in [1.807, 2.05) is 0 Å². The van der Waals surface area contributed by atoms with Crippen molar-refractivity contribution in [1.29, 1.82) is 0 Å². The number of halogens is 2. The van der Waals surface area contributed by atoms with Crippen LogP contribution in [0.3, 0.4) is 0 Å². The van der Waals surface area contributed by atoms with E-state index in [0.29, 0.717) is 13.2 Å². The van der Waals surface area contributed by atoms with Crippen LogP contribution in [0.25, 0.3) is 0 Å². The van der Waals surface area contributed by atoms with E-state index < -0.39 is 0 Å². The van der Waals surface area contributed by atoms with Gasteiger partial charge >= 0.3 is 0 Å². The van der Waals surface area contributed by atoms with Gasteiger partial charge in [-0.3, -0.25) is 4.84 Å². The topological polar surface area (TPSA) is 41.5 Å². The van der Waals surface area contributed by atoms with Crippen molar-refractivity contribution in [3.05, 3.63) is 0 Å². The molecule has 0 radical (unpaired) electrons. The summed E-state index contributed by atoms with van der Waals surface area (Å²) < 4.78 is 0. The third-order valence-electron chi connectivity index (χ3n) is 0.697. The number of β-amino-alcohol motifs (C(OH)–C–C–N with tert-alkyl or cyclic N) is 1. The zero-order chi connectivity index (χ0) is 4.41. The normalized spacial score (nSPS) is 25.9. The summed E-state index contributed by atoms with van der Waals surface area (Å²) in [6.07, 6.45) is -0.287. The molecule has 0 amide bonds. The number of rotatable bonds is 0. The predicted molar refractivity (Wildman–Crippen MR) is 34.5 cm³/mol. The van der Waals surface area contributed by atoms with Crippen molar-refractivity contribution in [2.75, 3.05) is 13.2 Å². The van der Waals surface area contributed by atoms with Gasteiger partial charge in [0, 0.05) is 6.54 Å². The van der Waals surface area contributed by atoms with Gasteiger partial charge in [0.2, 0.25) is 0 Å². The Balaban J connectivity index is 0. The highest BCUT2D eigenvalue weighted by Gasteiger charge is 2.09. The maximum Gasteiger partial charge on any atom is 0.0955 e. The zero-order valence-electron chi connectivity index (χ0n) is 4.16. The lowest BCUT2D eigenvalue weighted by Gasteiger charge is -1.87. The lowest BCUT2D eigenvalue weighted by Crippen LogP contribution is -2.12. The van der Waals surface area contributed by atoms with Gasteiger partial charge in [-0.15, -0.1) is 24.8 Å². The fraction of sp³-hybridized carbons (Fsp3) is 1.00. The molecule has 0 bridgehead atoms. The molecule has 1 atom stereocenters. The van der Waals surface area contributed by atoms with Gasteiger partial charge in [-0.2, -0.15) is 5.48 Å². The average Bonchev–Trinajstić information content (AvgIpc) is 1.86. The van der Waals surface area contributed by atoms with Crippen LogP contribution in [0.15, 0.2) is 0 Å². The molecule has 1 heterocycles. The lowest BCUT2D eigenvalue weighted by atomic mass is 10.4. The molecule has 1 aliphatic rings. The van der Waals surface area contributed by atoms with E-state index in [0.717, 1.165) is 0 Å². The van der Waals surface area contributed by atoms with E-state index in [4.69, 9.17) is 5.11 Å². The van der Waals surface area contributed by atoms with Gasteiger partial charge in [0.1, 0.15) is 0 Å². The van der Waals surface area contributed by atoms with Gasteiger partial charge in [-0.1, -0.05) is 0 Å². The first-order valence-corrected chi connectivity index (χ1v) is 1.92. The second-order valence-electron chi connectivity index (χ2n) is 1.31. The number of aliphatic hydroxyl groups excluding tert-OH is 1. The second-order valence-corrected chi connectivity index (χ2v) is 1.31. The maximum atomic E-state index is 8.54. The van der Waals surface area contributed by atoms with Gasteiger partial charge in [-0.05, 0) is 0 Å². The maximum absolute atomic E-state index is 8.54. The van der Waals surface area contributed by atoms with Gasteiger partial charge < -0.3 is 5.11 Å². The Bertz CT molecular complexity index is 48.5. The molecule has 8 heavy (non-hydrogen) atoms. The van der Waals surface area contributed by atoms with Gasteiger partial charge in [0.05, 0.1) is 12.7 Å². The molecule has 1 fully saturated rings. The van der Waals surface area contributed by atoms with E-state index in [1.54, 1.807) is 0 Å². The number of hydroxylamine groups is 1. The van der Waals surface area contributed by atoms with Crippen molar-refractivity contribution in [2.24, 2.45) is 0 Å². The average molecular weight is 162 g/mol. The predicted octanol–water partition coefficient (Wildman–Crippen LogP) is -0.274. The van der Waals surface area contributed by atoms with Crippen LogP contribution in [0.4, 0.5) is 0 Å². The van der Waals surface area contributed by atoms with Gasteiger partial charge in [0.25, 0.3) is 0 Å². The highest BCUT2D eigenvalue weighted by atomic mass is 35.5. The van der Waals surface area contributed by atoms with Crippen molar-refractivity contribution < 1.29 is 9.94 Å². The number of nitrogens with one attached hydrogen (secondary N) is 1. The monoisotopic (exact) mass is 161 g/mol. The molecule has 0 spiro atoms. The molecular weight excluding hydrogens is 153 g/mol.